The summed E-state index contributed by atoms with van der Waals surface area (Å²) in [4.78, 5) is 11.8. The average molecular weight is 221 g/mol. The lowest BCUT2D eigenvalue weighted by atomic mass is 9.75. The van der Waals surface area contributed by atoms with E-state index in [4.69, 9.17) is 11.0 Å². The van der Waals surface area contributed by atoms with Crippen molar-refractivity contribution < 1.29 is 4.79 Å². The molecule has 1 amide bonds. The van der Waals surface area contributed by atoms with E-state index in [1.807, 2.05) is 0 Å². The molecule has 3 N–H and O–H groups in total. The second-order valence-electron chi connectivity index (χ2n) is 5.23. The Morgan fingerprint density at radius 3 is 2.75 bits per heavy atom. The normalized spacial score (nSPS) is 31.5. The number of amides is 1. The number of nitrogens with one attached hydrogen (secondary N) is 1. The molecule has 2 rings (SSSR count). The molecule has 2 saturated carbocycles. The van der Waals surface area contributed by atoms with Gasteiger partial charge in [0.2, 0.25) is 5.91 Å². The van der Waals surface area contributed by atoms with E-state index in [1.54, 1.807) is 0 Å². The maximum absolute atomic E-state index is 11.8. The fourth-order valence-electron chi connectivity index (χ4n) is 2.67. The average Bonchev–Trinajstić information content (AvgIpc) is 2.62. The van der Waals surface area contributed by atoms with Crippen LogP contribution in [0, 0.1) is 17.2 Å². The Bertz CT molecular complexity index is 317. The van der Waals surface area contributed by atoms with Crippen LogP contribution in [-0.4, -0.2) is 17.5 Å². The van der Waals surface area contributed by atoms with Gasteiger partial charge in [0.15, 0.2) is 0 Å². The van der Waals surface area contributed by atoms with Crippen LogP contribution in [0.2, 0.25) is 0 Å². The SMILES string of the molecule is N#CC1CCCC1NC(=O)CC1(N)CCC1. The third-order valence-corrected chi connectivity index (χ3v) is 3.89. The molecular weight excluding hydrogens is 202 g/mol. The van der Waals surface area contributed by atoms with Crippen molar-refractivity contribution in [2.75, 3.05) is 0 Å². The molecule has 0 spiro atoms. The van der Waals surface area contributed by atoms with Gasteiger partial charge in [-0.3, -0.25) is 4.79 Å². The summed E-state index contributed by atoms with van der Waals surface area (Å²) in [5, 5.41) is 11.9. The Morgan fingerprint density at radius 1 is 1.44 bits per heavy atom. The van der Waals surface area contributed by atoms with E-state index in [0.29, 0.717) is 6.42 Å². The maximum atomic E-state index is 11.8. The Labute approximate surface area is 96.2 Å². The highest BCUT2D eigenvalue weighted by atomic mass is 16.1. The van der Waals surface area contributed by atoms with Crippen LogP contribution in [0.1, 0.15) is 44.9 Å². The Kier molecular flexibility index (Phi) is 3.15. The van der Waals surface area contributed by atoms with Crippen LogP contribution in [0.3, 0.4) is 0 Å². The van der Waals surface area contributed by atoms with Crippen molar-refractivity contribution in [2.45, 2.75) is 56.5 Å². The van der Waals surface area contributed by atoms with Gasteiger partial charge in [0, 0.05) is 18.0 Å². The molecule has 0 aromatic carbocycles. The van der Waals surface area contributed by atoms with Gasteiger partial charge < -0.3 is 11.1 Å². The van der Waals surface area contributed by atoms with Gasteiger partial charge in [0.1, 0.15) is 0 Å². The molecule has 4 heteroatoms. The van der Waals surface area contributed by atoms with Gasteiger partial charge in [-0.15, -0.1) is 0 Å². The number of nitrogens with two attached hydrogens (primary N) is 1. The molecule has 0 radical (unpaired) electrons. The van der Waals surface area contributed by atoms with Crippen molar-refractivity contribution in [1.29, 1.82) is 5.26 Å². The lowest BCUT2D eigenvalue weighted by molar-refractivity contribution is -0.123. The number of nitrogens with zero attached hydrogens (tertiary/aromatic N) is 1. The van der Waals surface area contributed by atoms with E-state index in [2.05, 4.69) is 11.4 Å². The lowest BCUT2D eigenvalue weighted by Gasteiger charge is -2.37. The summed E-state index contributed by atoms with van der Waals surface area (Å²) in [5.74, 6) is 0.0217. The maximum Gasteiger partial charge on any atom is 0.222 e. The molecule has 88 valence electrons. The molecule has 2 aliphatic rings. The van der Waals surface area contributed by atoms with Gasteiger partial charge in [-0.05, 0) is 38.5 Å². The molecule has 0 heterocycles. The number of rotatable bonds is 3. The largest absolute Gasteiger partial charge is 0.352 e. The van der Waals surface area contributed by atoms with Crippen molar-refractivity contribution in [3.05, 3.63) is 0 Å². The van der Waals surface area contributed by atoms with Crippen LogP contribution in [0.25, 0.3) is 0 Å². The van der Waals surface area contributed by atoms with Crippen molar-refractivity contribution in [3.8, 4) is 6.07 Å². The summed E-state index contributed by atoms with van der Waals surface area (Å²) in [6.45, 7) is 0. The summed E-state index contributed by atoms with van der Waals surface area (Å²) < 4.78 is 0. The number of hydrogen-bond donors (Lipinski definition) is 2. The monoisotopic (exact) mass is 221 g/mol. The standard InChI is InChI=1S/C12H19N3O/c13-8-9-3-1-4-10(9)15-11(16)7-12(14)5-2-6-12/h9-10H,1-7,14H2,(H,15,16). The molecule has 0 aromatic rings. The first-order valence-electron chi connectivity index (χ1n) is 6.11. The number of hydrogen-bond acceptors (Lipinski definition) is 3. The zero-order chi connectivity index (χ0) is 11.6. The van der Waals surface area contributed by atoms with Crippen molar-refractivity contribution in [2.24, 2.45) is 11.7 Å². The molecule has 2 atom stereocenters. The van der Waals surface area contributed by atoms with Crippen molar-refractivity contribution in [1.82, 2.24) is 5.32 Å². The third-order valence-electron chi connectivity index (χ3n) is 3.89. The third kappa shape index (κ3) is 2.35. The van der Waals surface area contributed by atoms with Crippen LogP contribution < -0.4 is 11.1 Å². The fourth-order valence-corrected chi connectivity index (χ4v) is 2.67. The highest BCUT2D eigenvalue weighted by molar-refractivity contribution is 5.77. The van der Waals surface area contributed by atoms with Gasteiger partial charge in [-0.1, -0.05) is 0 Å². The molecule has 2 aliphatic carbocycles. The molecule has 4 nitrogen and oxygen atoms in total. The molecule has 0 saturated heterocycles. The predicted octanol–water partition coefficient (Wildman–Crippen LogP) is 1.07. The highest BCUT2D eigenvalue weighted by Gasteiger charge is 2.36. The van der Waals surface area contributed by atoms with Crippen LogP contribution >= 0.6 is 0 Å². The molecule has 0 aromatic heterocycles. The predicted molar refractivity (Wildman–Crippen MR) is 60.3 cm³/mol. The lowest BCUT2D eigenvalue weighted by Crippen LogP contribution is -2.51. The summed E-state index contributed by atoms with van der Waals surface area (Å²) in [6, 6.07) is 2.32. The fraction of sp³-hybridized carbons (Fsp3) is 0.833. The molecule has 2 unspecified atom stereocenters. The second kappa shape index (κ2) is 4.42. The van der Waals surface area contributed by atoms with Gasteiger partial charge in [0.05, 0.1) is 12.0 Å². The molecule has 0 bridgehead atoms. The minimum absolute atomic E-state index is 0.000866. The van der Waals surface area contributed by atoms with Gasteiger partial charge in [0.25, 0.3) is 0 Å². The first kappa shape index (κ1) is 11.4. The first-order valence-corrected chi connectivity index (χ1v) is 6.11. The molecule has 2 fully saturated rings. The first-order chi connectivity index (χ1) is 7.63. The molecular formula is C12H19N3O. The zero-order valence-corrected chi connectivity index (χ0v) is 9.54. The Hall–Kier alpha value is -1.08. The van der Waals surface area contributed by atoms with E-state index >= 15 is 0 Å². The smallest absolute Gasteiger partial charge is 0.222 e. The number of carbonyl (C=O) groups is 1. The number of carbonyl (C=O) groups excluding carboxylic acids is 1. The van der Waals surface area contributed by atoms with E-state index in [9.17, 15) is 4.79 Å². The summed E-state index contributed by atoms with van der Waals surface area (Å²) in [6.07, 6.45) is 6.34. The second-order valence-corrected chi connectivity index (χ2v) is 5.23. The zero-order valence-electron chi connectivity index (χ0n) is 9.54. The van der Waals surface area contributed by atoms with Gasteiger partial charge >= 0.3 is 0 Å². The van der Waals surface area contributed by atoms with E-state index < -0.39 is 0 Å². The minimum atomic E-state index is -0.259. The summed E-state index contributed by atoms with van der Waals surface area (Å²) >= 11 is 0. The minimum Gasteiger partial charge on any atom is -0.352 e. The van der Waals surface area contributed by atoms with Crippen molar-refractivity contribution >= 4 is 5.91 Å². The Morgan fingerprint density at radius 2 is 2.19 bits per heavy atom. The van der Waals surface area contributed by atoms with E-state index in [1.165, 1.54) is 0 Å². The van der Waals surface area contributed by atoms with Crippen molar-refractivity contribution in [3.63, 3.8) is 0 Å². The molecule has 16 heavy (non-hydrogen) atoms. The van der Waals surface area contributed by atoms with Gasteiger partial charge in [-0.2, -0.15) is 5.26 Å². The topological polar surface area (TPSA) is 78.9 Å². The van der Waals surface area contributed by atoms with E-state index in [0.717, 1.165) is 38.5 Å². The van der Waals surface area contributed by atoms with Crippen LogP contribution in [0.4, 0.5) is 0 Å². The van der Waals surface area contributed by atoms with Crippen LogP contribution in [0.5, 0.6) is 0 Å². The quantitative estimate of drug-likeness (QED) is 0.748. The van der Waals surface area contributed by atoms with E-state index in [-0.39, 0.29) is 23.4 Å². The summed E-state index contributed by atoms with van der Waals surface area (Å²) in [7, 11) is 0. The van der Waals surface area contributed by atoms with Gasteiger partial charge in [-0.25, -0.2) is 0 Å². The van der Waals surface area contributed by atoms with Crippen LogP contribution in [0.15, 0.2) is 0 Å². The molecule has 0 aliphatic heterocycles. The summed E-state index contributed by atoms with van der Waals surface area (Å²) in [5.41, 5.74) is 5.76. The highest BCUT2D eigenvalue weighted by Crippen LogP contribution is 2.32. The van der Waals surface area contributed by atoms with Crippen LogP contribution in [-0.2, 0) is 4.79 Å². The number of nitriles is 1. The Balaban J connectivity index is 1.81.